The fraction of sp³-hybridized carbons (Fsp3) is 0.375. The number of carbonyl (C=O) groups excluding carboxylic acids is 1. The van der Waals surface area contributed by atoms with Gasteiger partial charge in [-0.15, -0.1) is 11.3 Å². The first-order valence-corrected chi connectivity index (χ1v) is 8.13. The van der Waals surface area contributed by atoms with Crippen LogP contribution in [0.2, 0.25) is 0 Å². The average molecular weight is 318 g/mol. The molecule has 0 saturated heterocycles. The molecule has 1 heterocycles. The first-order valence-electron chi connectivity index (χ1n) is 7.25. The number of aliphatic hydroxyl groups is 1. The van der Waals surface area contributed by atoms with E-state index in [1.165, 1.54) is 11.3 Å². The van der Waals surface area contributed by atoms with Crippen molar-refractivity contribution >= 4 is 22.4 Å². The maximum Gasteiger partial charge on any atom is 0.258 e. The lowest BCUT2D eigenvalue weighted by Gasteiger charge is -2.19. The molecule has 1 aromatic heterocycles. The van der Waals surface area contributed by atoms with Crippen molar-refractivity contribution in [2.24, 2.45) is 0 Å². The van der Waals surface area contributed by atoms with Gasteiger partial charge in [0, 0.05) is 10.9 Å². The summed E-state index contributed by atoms with van der Waals surface area (Å²) in [4.78, 5) is 16.6. The number of nitrogens with one attached hydrogen (secondary N) is 1. The summed E-state index contributed by atoms with van der Waals surface area (Å²) in [6.07, 6.45) is 2.80. The Bertz CT molecular complexity index is 678. The van der Waals surface area contributed by atoms with E-state index in [0.717, 1.165) is 29.8 Å². The van der Waals surface area contributed by atoms with Crippen molar-refractivity contribution in [1.82, 2.24) is 4.98 Å². The Kier molecular flexibility index (Phi) is 4.13. The van der Waals surface area contributed by atoms with Crippen LogP contribution in [-0.4, -0.2) is 28.7 Å². The van der Waals surface area contributed by atoms with Gasteiger partial charge in [-0.3, -0.25) is 10.1 Å². The predicted octanol–water partition coefficient (Wildman–Crippen LogP) is 3.06. The fourth-order valence-corrected chi connectivity index (χ4v) is 3.42. The van der Waals surface area contributed by atoms with Crippen LogP contribution in [0.5, 0.6) is 5.75 Å². The highest BCUT2D eigenvalue weighted by atomic mass is 32.1. The number of hydrogen-bond donors (Lipinski definition) is 2. The number of aromatic nitrogens is 1. The first-order chi connectivity index (χ1) is 10.6. The van der Waals surface area contributed by atoms with Gasteiger partial charge in [-0.1, -0.05) is 12.1 Å². The third-order valence-electron chi connectivity index (χ3n) is 3.96. The molecule has 1 amide bonds. The normalized spacial score (nSPS) is 16.5. The average Bonchev–Trinajstić information content (AvgIpc) is 3.17. The highest BCUT2D eigenvalue weighted by Crippen LogP contribution is 2.34. The van der Waals surface area contributed by atoms with Crippen LogP contribution in [0.4, 0.5) is 5.13 Å². The van der Waals surface area contributed by atoms with Gasteiger partial charge in [-0.05, 0) is 37.8 Å². The number of hydrogen-bond acceptors (Lipinski definition) is 5. The number of rotatable bonds is 4. The molecule has 6 heteroatoms. The maximum atomic E-state index is 12.2. The van der Waals surface area contributed by atoms with E-state index in [4.69, 9.17) is 4.74 Å². The highest BCUT2D eigenvalue weighted by molar-refractivity contribution is 7.14. The number of benzene rings is 1. The van der Waals surface area contributed by atoms with E-state index in [1.807, 2.05) is 29.6 Å². The number of anilines is 1. The Morgan fingerprint density at radius 1 is 1.36 bits per heavy atom. The molecule has 5 nitrogen and oxygen atoms in total. The Labute approximate surface area is 133 Å². The lowest BCUT2D eigenvalue weighted by atomic mass is 10.0. The second-order valence-electron chi connectivity index (χ2n) is 5.43. The van der Waals surface area contributed by atoms with Crippen molar-refractivity contribution in [2.75, 3.05) is 12.4 Å². The summed E-state index contributed by atoms with van der Waals surface area (Å²) in [5, 5.41) is 15.4. The molecule has 22 heavy (non-hydrogen) atoms. The monoisotopic (exact) mass is 318 g/mol. The van der Waals surface area contributed by atoms with E-state index >= 15 is 0 Å². The third-order valence-corrected chi connectivity index (χ3v) is 4.72. The molecule has 1 saturated carbocycles. The summed E-state index contributed by atoms with van der Waals surface area (Å²) in [6, 6.07) is 7.60. The molecule has 3 rings (SSSR count). The summed E-state index contributed by atoms with van der Waals surface area (Å²) in [7, 11) is 1.61. The van der Waals surface area contributed by atoms with Crippen molar-refractivity contribution in [3.63, 3.8) is 0 Å². The zero-order valence-corrected chi connectivity index (χ0v) is 13.2. The van der Waals surface area contributed by atoms with Gasteiger partial charge >= 0.3 is 0 Å². The Morgan fingerprint density at radius 2 is 2.09 bits per heavy atom. The van der Waals surface area contributed by atoms with Gasteiger partial charge in [-0.2, -0.15) is 0 Å². The molecule has 2 N–H and O–H groups in total. The van der Waals surface area contributed by atoms with Gasteiger partial charge in [0.2, 0.25) is 0 Å². The number of thiazole rings is 1. The highest BCUT2D eigenvalue weighted by Gasteiger charge is 2.39. The molecule has 1 fully saturated rings. The molecule has 0 unspecified atom stereocenters. The summed E-state index contributed by atoms with van der Waals surface area (Å²) in [5.41, 5.74) is 0.383. The van der Waals surface area contributed by atoms with Crippen LogP contribution in [0, 0.1) is 0 Å². The van der Waals surface area contributed by atoms with Gasteiger partial charge in [0.05, 0.1) is 12.8 Å². The van der Waals surface area contributed by atoms with Crippen molar-refractivity contribution < 1.29 is 14.6 Å². The van der Waals surface area contributed by atoms with Crippen LogP contribution in [-0.2, 0) is 4.79 Å². The molecule has 1 aromatic carbocycles. The minimum Gasteiger partial charge on any atom is -0.496 e. The van der Waals surface area contributed by atoms with Crippen LogP contribution in [0.1, 0.15) is 25.7 Å². The van der Waals surface area contributed by atoms with Gasteiger partial charge in [-0.25, -0.2) is 4.98 Å². The van der Waals surface area contributed by atoms with Gasteiger partial charge in [0.15, 0.2) is 5.13 Å². The topological polar surface area (TPSA) is 71.5 Å². The fourth-order valence-electron chi connectivity index (χ4n) is 2.71. The molecule has 1 aliphatic rings. The first kappa shape index (κ1) is 15.0. The van der Waals surface area contributed by atoms with Crippen LogP contribution in [0.15, 0.2) is 29.6 Å². The van der Waals surface area contributed by atoms with Crippen molar-refractivity contribution in [3.05, 3.63) is 29.6 Å². The SMILES string of the molecule is COc1ccccc1-c1csc(NC(=O)C2(O)CCCC2)n1. The third kappa shape index (κ3) is 2.84. The second kappa shape index (κ2) is 6.06. The predicted molar refractivity (Wildman–Crippen MR) is 86.1 cm³/mol. The number of methoxy groups -OCH3 is 1. The minimum atomic E-state index is -1.24. The van der Waals surface area contributed by atoms with E-state index in [2.05, 4.69) is 10.3 Å². The largest absolute Gasteiger partial charge is 0.496 e. The lowest BCUT2D eigenvalue weighted by Crippen LogP contribution is -2.40. The summed E-state index contributed by atoms with van der Waals surface area (Å²) >= 11 is 1.34. The summed E-state index contributed by atoms with van der Waals surface area (Å²) < 4.78 is 5.32. The molecule has 0 atom stereocenters. The molecule has 0 spiro atoms. The molecular formula is C16H18N2O3S. The smallest absolute Gasteiger partial charge is 0.258 e. The van der Waals surface area contributed by atoms with E-state index in [9.17, 15) is 9.90 Å². The lowest BCUT2D eigenvalue weighted by molar-refractivity contribution is -0.133. The minimum absolute atomic E-state index is 0.356. The Morgan fingerprint density at radius 3 is 2.82 bits per heavy atom. The molecule has 1 aliphatic carbocycles. The summed E-state index contributed by atoms with van der Waals surface area (Å²) in [6.45, 7) is 0. The number of nitrogens with zero attached hydrogens (tertiary/aromatic N) is 1. The van der Waals surface area contributed by atoms with E-state index in [-0.39, 0.29) is 5.91 Å². The zero-order chi connectivity index (χ0) is 15.6. The number of carbonyl (C=O) groups is 1. The van der Waals surface area contributed by atoms with Crippen molar-refractivity contribution in [3.8, 4) is 17.0 Å². The van der Waals surface area contributed by atoms with Crippen LogP contribution in [0.3, 0.4) is 0 Å². The summed E-state index contributed by atoms with van der Waals surface area (Å²) in [5.74, 6) is 0.381. The van der Waals surface area contributed by atoms with E-state index < -0.39 is 5.60 Å². The number of amides is 1. The Balaban J connectivity index is 1.78. The van der Waals surface area contributed by atoms with Crippen LogP contribution >= 0.6 is 11.3 Å². The maximum absolute atomic E-state index is 12.2. The van der Waals surface area contributed by atoms with Gasteiger partial charge in [0.25, 0.3) is 5.91 Å². The van der Waals surface area contributed by atoms with E-state index in [1.54, 1.807) is 7.11 Å². The quantitative estimate of drug-likeness (QED) is 0.909. The zero-order valence-electron chi connectivity index (χ0n) is 12.3. The van der Waals surface area contributed by atoms with Crippen LogP contribution < -0.4 is 10.1 Å². The van der Waals surface area contributed by atoms with Gasteiger partial charge in [0.1, 0.15) is 11.4 Å². The van der Waals surface area contributed by atoms with Crippen LogP contribution in [0.25, 0.3) is 11.3 Å². The number of ether oxygens (including phenoxy) is 1. The molecule has 0 aliphatic heterocycles. The molecule has 116 valence electrons. The van der Waals surface area contributed by atoms with E-state index in [0.29, 0.717) is 18.0 Å². The molecule has 2 aromatic rings. The van der Waals surface area contributed by atoms with Crippen molar-refractivity contribution in [1.29, 1.82) is 0 Å². The molecule has 0 radical (unpaired) electrons. The van der Waals surface area contributed by atoms with Gasteiger partial charge < -0.3 is 9.84 Å². The second-order valence-corrected chi connectivity index (χ2v) is 6.29. The Hall–Kier alpha value is -1.92. The molecular weight excluding hydrogens is 300 g/mol. The standard InChI is InChI=1S/C16H18N2O3S/c1-21-13-7-3-2-6-11(13)12-10-22-15(17-12)18-14(19)16(20)8-4-5-9-16/h2-3,6-7,10,20H,4-5,8-9H2,1H3,(H,17,18,19). The molecule has 0 bridgehead atoms. The van der Waals surface area contributed by atoms with Crippen molar-refractivity contribution in [2.45, 2.75) is 31.3 Å². The number of para-hydroxylation sites is 1.